The summed E-state index contributed by atoms with van der Waals surface area (Å²) in [7, 11) is 0. The van der Waals surface area contributed by atoms with Crippen molar-refractivity contribution < 1.29 is 9.53 Å². The highest BCUT2D eigenvalue weighted by atomic mass is 35.5. The van der Waals surface area contributed by atoms with Gasteiger partial charge < -0.3 is 4.74 Å². The summed E-state index contributed by atoms with van der Waals surface area (Å²) in [6.45, 7) is 4.81. The van der Waals surface area contributed by atoms with E-state index in [1.807, 2.05) is 0 Å². The van der Waals surface area contributed by atoms with E-state index in [1.54, 1.807) is 0 Å². The fourth-order valence-corrected chi connectivity index (χ4v) is 1.79. The van der Waals surface area contributed by atoms with Gasteiger partial charge in [-0.2, -0.15) is 0 Å². The summed E-state index contributed by atoms with van der Waals surface area (Å²) in [4.78, 5) is 10.8. The molecule has 0 fully saturated rings. The van der Waals surface area contributed by atoms with Gasteiger partial charge in [-0.3, -0.25) is 4.79 Å². The standard InChI is InChI=1S/C10H7Cl3O2/c1-3-6-7(11)4-8(15-5(2)14)10(13)9(6)12/h3-4H,1H2,2H3. The van der Waals surface area contributed by atoms with E-state index >= 15 is 0 Å². The summed E-state index contributed by atoms with van der Waals surface area (Å²) in [5, 5.41) is 0.692. The lowest BCUT2D eigenvalue weighted by Gasteiger charge is -2.09. The average molecular weight is 266 g/mol. The van der Waals surface area contributed by atoms with E-state index in [4.69, 9.17) is 39.5 Å². The van der Waals surface area contributed by atoms with E-state index in [2.05, 4.69) is 6.58 Å². The Morgan fingerprint density at radius 1 is 1.40 bits per heavy atom. The van der Waals surface area contributed by atoms with Crippen LogP contribution in [0, 0.1) is 0 Å². The van der Waals surface area contributed by atoms with Crippen molar-refractivity contribution in [3.63, 3.8) is 0 Å². The number of rotatable bonds is 2. The fourth-order valence-electron chi connectivity index (χ4n) is 1.00. The second kappa shape index (κ2) is 4.88. The van der Waals surface area contributed by atoms with Gasteiger partial charge in [0.15, 0.2) is 5.75 Å². The molecule has 15 heavy (non-hydrogen) atoms. The molecule has 0 atom stereocenters. The Bertz CT molecular complexity index is 427. The number of esters is 1. The molecule has 0 saturated carbocycles. The number of benzene rings is 1. The maximum absolute atomic E-state index is 10.8. The van der Waals surface area contributed by atoms with Gasteiger partial charge in [0, 0.05) is 18.6 Å². The molecule has 5 heteroatoms. The molecule has 0 saturated heterocycles. The summed E-state index contributed by atoms with van der Waals surface area (Å²) in [5.74, 6) is -0.347. The highest BCUT2D eigenvalue weighted by Crippen LogP contribution is 2.39. The molecule has 0 radical (unpaired) electrons. The summed E-state index contributed by atoms with van der Waals surface area (Å²) >= 11 is 17.7. The van der Waals surface area contributed by atoms with Gasteiger partial charge in [-0.25, -0.2) is 0 Å². The lowest BCUT2D eigenvalue weighted by Crippen LogP contribution is -2.02. The molecule has 80 valence electrons. The first-order valence-electron chi connectivity index (χ1n) is 3.95. The van der Waals surface area contributed by atoms with Gasteiger partial charge in [-0.1, -0.05) is 47.5 Å². The maximum atomic E-state index is 10.8. The van der Waals surface area contributed by atoms with E-state index in [1.165, 1.54) is 19.1 Å². The first-order valence-corrected chi connectivity index (χ1v) is 5.09. The molecule has 1 aromatic rings. The van der Waals surface area contributed by atoms with Crippen LogP contribution in [0.1, 0.15) is 12.5 Å². The Morgan fingerprint density at radius 2 is 2.00 bits per heavy atom. The van der Waals surface area contributed by atoms with Crippen LogP contribution in [0.2, 0.25) is 15.1 Å². The largest absolute Gasteiger partial charge is 0.425 e. The lowest BCUT2D eigenvalue weighted by molar-refractivity contribution is -0.131. The number of carbonyl (C=O) groups is 1. The lowest BCUT2D eigenvalue weighted by atomic mass is 10.2. The third-order valence-corrected chi connectivity index (χ3v) is 2.80. The monoisotopic (exact) mass is 264 g/mol. The van der Waals surface area contributed by atoms with E-state index < -0.39 is 5.97 Å². The number of hydrogen-bond acceptors (Lipinski definition) is 2. The van der Waals surface area contributed by atoms with Crippen molar-refractivity contribution in [3.05, 3.63) is 33.3 Å². The van der Waals surface area contributed by atoms with Crippen LogP contribution in [0.5, 0.6) is 5.75 Å². The van der Waals surface area contributed by atoms with E-state index in [-0.39, 0.29) is 15.8 Å². The van der Waals surface area contributed by atoms with Crippen molar-refractivity contribution in [1.82, 2.24) is 0 Å². The van der Waals surface area contributed by atoms with Crippen molar-refractivity contribution in [2.24, 2.45) is 0 Å². The first-order chi connectivity index (χ1) is 6.97. The molecule has 0 aliphatic heterocycles. The molecule has 0 N–H and O–H groups in total. The van der Waals surface area contributed by atoms with Crippen LogP contribution in [0.15, 0.2) is 12.6 Å². The van der Waals surface area contributed by atoms with Gasteiger partial charge in [0.25, 0.3) is 0 Å². The Morgan fingerprint density at radius 3 is 2.47 bits per heavy atom. The molecule has 0 spiro atoms. The second-order valence-corrected chi connectivity index (χ2v) is 3.86. The zero-order valence-corrected chi connectivity index (χ0v) is 10.1. The SMILES string of the molecule is C=Cc1c(Cl)cc(OC(C)=O)c(Cl)c1Cl. The molecule has 0 aromatic heterocycles. The Hall–Kier alpha value is -0.700. The van der Waals surface area contributed by atoms with Crippen molar-refractivity contribution in [1.29, 1.82) is 0 Å². The minimum absolute atomic E-state index is 0.143. The molecule has 1 rings (SSSR count). The van der Waals surface area contributed by atoms with E-state index in [9.17, 15) is 4.79 Å². The van der Waals surface area contributed by atoms with Crippen molar-refractivity contribution in [2.75, 3.05) is 0 Å². The number of hydrogen-bond donors (Lipinski definition) is 0. The van der Waals surface area contributed by atoms with Crippen molar-refractivity contribution in [3.8, 4) is 5.75 Å². The average Bonchev–Trinajstić information content (AvgIpc) is 2.14. The van der Waals surface area contributed by atoms with Gasteiger partial charge in [0.1, 0.15) is 5.02 Å². The minimum atomic E-state index is -0.490. The number of halogens is 3. The number of carbonyl (C=O) groups excluding carboxylic acids is 1. The number of ether oxygens (including phenoxy) is 1. The predicted octanol–water partition coefficient (Wildman–Crippen LogP) is 4.22. The third-order valence-electron chi connectivity index (χ3n) is 1.62. The molecule has 2 nitrogen and oxygen atoms in total. The molecular formula is C10H7Cl3O2. The van der Waals surface area contributed by atoms with Gasteiger partial charge in [0.05, 0.1) is 10.0 Å². The van der Waals surface area contributed by atoms with Gasteiger partial charge in [0.2, 0.25) is 0 Å². The topological polar surface area (TPSA) is 26.3 Å². The smallest absolute Gasteiger partial charge is 0.308 e. The quantitative estimate of drug-likeness (QED) is 0.455. The van der Waals surface area contributed by atoms with Gasteiger partial charge in [-0.05, 0) is 0 Å². The molecule has 1 aromatic carbocycles. The summed E-state index contributed by atoms with van der Waals surface area (Å²) in [6, 6.07) is 1.42. The fraction of sp³-hybridized carbons (Fsp3) is 0.100. The van der Waals surface area contributed by atoms with E-state index in [0.29, 0.717) is 10.6 Å². The summed E-state index contributed by atoms with van der Waals surface area (Å²) in [5.41, 5.74) is 0.513. The zero-order chi connectivity index (χ0) is 11.6. The highest BCUT2D eigenvalue weighted by molar-refractivity contribution is 6.45. The van der Waals surface area contributed by atoms with E-state index in [0.717, 1.165) is 0 Å². The van der Waals surface area contributed by atoms with Crippen LogP contribution in [-0.2, 0) is 4.79 Å². The third kappa shape index (κ3) is 2.65. The maximum Gasteiger partial charge on any atom is 0.308 e. The molecule has 0 unspecified atom stereocenters. The molecule has 0 amide bonds. The molecule has 0 bridgehead atoms. The van der Waals surface area contributed by atoms with Crippen molar-refractivity contribution in [2.45, 2.75) is 6.92 Å². The molecular weight excluding hydrogens is 258 g/mol. The Balaban J connectivity index is 3.33. The predicted molar refractivity (Wildman–Crippen MR) is 62.9 cm³/mol. The molecule has 0 aliphatic carbocycles. The second-order valence-electron chi connectivity index (χ2n) is 2.70. The first kappa shape index (κ1) is 12.4. The minimum Gasteiger partial charge on any atom is -0.425 e. The zero-order valence-electron chi connectivity index (χ0n) is 7.81. The molecule has 0 aliphatic rings. The van der Waals surface area contributed by atoms with Crippen LogP contribution in [0.3, 0.4) is 0 Å². The van der Waals surface area contributed by atoms with Crippen LogP contribution in [0.25, 0.3) is 6.08 Å². The van der Waals surface area contributed by atoms with Crippen LogP contribution < -0.4 is 4.74 Å². The van der Waals surface area contributed by atoms with Crippen molar-refractivity contribution >= 4 is 46.8 Å². The van der Waals surface area contributed by atoms with Crippen LogP contribution in [0.4, 0.5) is 0 Å². The Labute approximate surface area is 102 Å². The summed E-state index contributed by atoms with van der Waals surface area (Å²) in [6.07, 6.45) is 1.48. The normalized spacial score (nSPS) is 9.87. The van der Waals surface area contributed by atoms with Gasteiger partial charge in [-0.15, -0.1) is 0 Å². The van der Waals surface area contributed by atoms with Crippen LogP contribution >= 0.6 is 34.8 Å². The summed E-state index contributed by atoms with van der Waals surface area (Å²) < 4.78 is 4.83. The van der Waals surface area contributed by atoms with Crippen LogP contribution in [-0.4, -0.2) is 5.97 Å². The van der Waals surface area contributed by atoms with Gasteiger partial charge >= 0.3 is 5.97 Å². The molecule has 0 heterocycles. The Kier molecular flexibility index (Phi) is 4.03. The highest BCUT2D eigenvalue weighted by Gasteiger charge is 2.14.